The number of hydrogen-bond donors (Lipinski definition) is 2. The molecule has 7 nitrogen and oxygen atoms in total. The molecule has 1 atom stereocenters. The molecule has 2 amide bonds. The second kappa shape index (κ2) is 6.14. The monoisotopic (exact) mass is 277 g/mol. The van der Waals surface area contributed by atoms with Crippen LogP contribution in [0.2, 0.25) is 0 Å². The van der Waals surface area contributed by atoms with Crippen molar-refractivity contribution >= 4 is 17.8 Å². The van der Waals surface area contributed by atoms with Crippen LogP contribution in [0, 0.1) is 5.92 Å². The Morgan fingerprint density at radius 3 is 2.90 bits per heavy atom. The summed E-state index contributed by atoms with van der Waals surface area (Å²) in [4.78, 5) is 39.6. The highest BCUT2D eigenvalue weighted by Crippen LogP contribution is 2.19. The van der Waals surface area contributed by atoms with Crippen LogP contribution in [0.15, 0.2) is 24.4 Å². The van der Waals surface area contributed by atoms with Gasteiger partial charge in [0.15, 0.2) is 0 Å². The van der Waals surface area contributed by atoms with Gasteiger partial charge in [-0.1, -0.05) is 6.07 Å². The fraction of sp³-hybridized carbons (Fsp3) is 0.385. The molecule has 1 aliphatic heterocycles. The highest BCUT2D eigenvalue weighted by Gasteiger charge is 2.34. The molecule has 1 aromatic rings. The quantitative estimate of drug-likeness (QED) is 0.765. The number of pyridine rings is 1. The Kier molecular flexibility index (Phi) is 4.29. The Morgan fingerprint density at radius 1 is 1.45 bits per heavy atom. The topological polar surface area (TPSA) is 99.6 Å². The van der Waals surface area contributed by atoms with Crippen molar-refractivity contribution in [3.8, 4) is 0 Å². The Balaban J connectivity index is 1.90. The molecule has 0 spiro atoms. The summed E-state index contributed by atoms with van der Waals surface area (Å²) in [6.45, 7) is 0.229. The van der Waals surface area contributed by atoms with E-state index < -0.39 is 24.3 Å². The zero-order chi connectivity index (χ0) is 14.5. The SMILES string of the molecule is O=C(O)CNC(=O)[C@H]1CC(=O)N(Cc2ccccn2)C1. The molecule has 2 N–H and O–H groups in total. The molecule has 1 saturated heterocycles. The molecule has 20 heavy (non-hydrogen) atoms. The van der Waals surface area contributed by atoms with Gasteiger partial charge in [-0.2, -0.15) is 0 Å². The van der Waals surface area contributed by atoms with Crippen LogP contribution in [0.5, 0.6) is 0 Å². The van der Waals surface area contributed by atoms with Gasteiger partial charge in [0.2, 0.25) is 11.8 Å². The Hall–Kier alpha value is -2.44. The van der Waals surface area contributed by atoms with E-state index in [-0.39, 0.29) is 12.3 Å². The van der Waals surface area contributed by atoms with Gasteiger partial charge in [-0.3, -0.25) is 19.4 Å². The van der Waals surface area contributed by atoms with E-state index in [0.717, 1.165) is 5.69 Å². The average Bonchev–Trinajstić information content (AvgIpc) is 2.79. The predicted octanol–water partition coefficient (Wildman–Crippen LogP) is -0.369. The summed E-state index contributed by atoms with van der Waals surface area (Å²) < 4.78 is 0. The zero-order valence-electron chi connectivity index (χ0n) is 10.8. The van der Waals surface area contributed by atoms with Gasteiger partial charge in [-0.05, 0) is 12.1 Å². The number of rotatable bonds is 5. The van der Waals surface area contributed by atoms with Crippen molar-refractivity contribution in [2.24, 2.45) is 5.92 Å². The van der Waals surface area contributed by atoms with Crippen LogP contribution in [-0.2, 0) is 20.9 Å². The molecule has 2 rings (SSSR count). The summed E-state index contributed by atoms with van der Waals surface area (Å²) in [5, 5.41) is 10.8. The maximum Gasteiger partial charge on any atom is 0.322 e. The number of likely N-dealkylation sites (tertiary alicyclic amines) is 1. The van der Waals surface area contributed by atoms with Gasteiger partial charge >= 0.3 is 5.97 Å². The standard InChI is InChI=1S/C13H15N3O4/c17-11-5-9(13(20)15-6-12(18)19)7-16(11)8-10-3-1-2-4-14-10/h1-4,9H,5-8H2,(H,15,20)(H,18,19)/t9-/m0/s1. The Bertz CT molecular complexity index is 518. The predicted molar refractivity (Wildman–Crippen MR) is 68.4 cm³/mol. The number of hydrogen-bond acceptors (Lipinski definition) is 4. The lowest BCUT2D eigenvalue weighted by molar-refractivity contribution is -0.138. The molecule has 0 radical (unpaired) electrons. The van der Waals surface area contributed by atoms with Crippen molar-refractivity contribution < 1.29 is 19.5 Å². The highest BCUT2D eigenvalue weighted by atomic mass is 16.4. The molecule has 2 heterocycles. The summed E-state index contributed by atoms with van der Waals surface area (Å²) >= 11 is 0. The molecule has 7 heteroatoms. The average molecular weight is 277 g/mol. The van der Waals surface area contributed by atoms with Crippen LogP contribution in [0.1, 0.15) is 12.1 Å². The summed E-state index contributed by atoms with van der Waals surface area (Å²) in [6.07, 6.45) is 1.76. The fourth-order valence-electron chi connectivity index (χ4n) is 2.09. The van der Waals surface area contributed by atoms with Crippen LogP contribution in [0.25, 0.3) is 0 Å². The third-order valence-corrected chi connectivity index (χ3v) is 3.08. The third-order valence-electron chi connectivity index (χ3n) is 3.08. The van der Waals surface area contributed by atoms with Gasteiger partial charge in [-0.25, -0.2) is 0 Å². The molecule has 106 valence electrons. The van der Waals surface area contributed by atoms with E-state index in [1.807, 2.05) is 12.1 Å². The first-order valence-electron chi connectivity index (χ1n) is 6.23. The lowest BCUT2D eigenvalue weighted by Gasteiger charge is -2.15. The molecule has 1 aromatic heterocycles. The number of carboxylic acid groups (broad SMARTS) is 1. The molecule has 0 aliphatic carbocycles. The zero-order valence-corrected chi connectivity index (χ0v) is 10.8. The van der Waals surface area contributed by atoms with Crippen LogP contribution in [0.4, 0.5) is 0 Å². The van der Waals surface area contributed by atoms with Crippen molar-refractivity contribution in [1.29, 1.82) is 0 Å². The van der Waals surface area contributed by atoms with Crippen molar-refractivity contribution in [2.75, 3.05) is 13.1 Å². The summed E-state index contributed by atoms with van der Waals surface area (Å²) in [5.74, 6) is -2.12. The maximum absolute atomic E-state index is 11.8. The van der Waals surface area contributed by atoms with Crippen molar-refractivity contribution in [3.05, 3.63) is 30.1 Å². The summed E-state index contributed by atoms with van der Waals surface area (Å²) in [5.41, 5.74) is 0.757. The van der Waals surface area contributed by atoms with Crippen molar-refractivity contribution in [1.82, 2.24) is 15.2 Å². The maximum atomic E-state index is 11.8. The lowest BCUT2D eigenvalue weighted by Crippen LogP contribution is -2.35. The van der Waals surface area contributed by atoms with Gasteiger partial charge < -0.3 is 15.3 Å². The van der Waals surface area contributed by atoms with E-state index in [9.17, 15) is 14.4 Å². The van der Waals surface area contributed by atoms with E-state index in [4.69, 9.17) is 5.11 Å². The molecule has 0 saturated carbocycles. The Morgan fingerprint density at radius 2 is 2.25 bits per heavy atom. The molecule has 0 unspecified atom stereocenters. The van der Waals surface area contributed by atoms with Gasteiger partial charge in [0, 0.05) is 19.2 Å². The number of nitrogens with zero attached hydrogens (tertiary/aromatic N) is 2. The third kappa shape index (κ3) is 3.53. The van der Waals surface area contributed by atoms with Crippen molar-refractivity contribution in [3.63, 3.8) is 0 Å². The smallest absolute Gasteiger partial charge is 0.322 e. The van der Waals surface area contributed by atoms with Crippen LogP contribution in [-0.4, -0.2) is 45.9 Å². The number of carbonyl (C=O) groups excluding carboxylic acids is 2. The normalized spacial score (nSPS) is 18.1. The lowest BCUT2D eigenvalue weighted by atomic mass is 10.1. The first-order chi connectivity index (χ1) is 9.56. The van der Waals surface area contributed by atoms with E-state index in [1.165, 1.54) is 0 Å². The van der Waals surface area contributed by atoms with Gasteiger partial charge in [-0.15, -0.1) is 0 Å². The van der Waals surface area contributed by atoms with Gasteiger partial charge in [0.25, 0.3) is 0 Å². The number of aliphatic carboxylic acids is 1. The minimum absolute atomic E-state index is 0.109. The largest absolute Gasteiger partial charge is 0.480 e. The van der Waals surface area contributed by atoms with Gasteiger partial charge in [0.1, 0.15) is 6.54 Å². The minimum Gasteiger partial charge on any atom is -0.480 e. The van der Waals surface area contributed by atoms with E-state index in [2.05, 4.69) is 10.3 Å². The Labute approximate surface area is 115 Å². The molecule has 1 fully saturated rings. The number of carbonyl (C=O) groups is 3. The summed E-state index contributed by atoms with van der Waals surface area (Å²) in [6, 6.07) is 5.43. The molecule has 1 aliphatic rings. The second-order valence-corrected chi connectivity index (χ2v) is 4.61. The van der Waals surface area contributed by atoms with E-state index >= 15 is 0 Å². The van der Waals surface area contributed by atoms with Crippen LogP contribution in [0.3, 0.4) is 0 Å². The minimum atomic E-state index is -1.10. The number of nitrogens with one attached hydrogen (secondary N) is 1. The molecule has 0 aromatic carbocycles. The molecular formula is C13H15N3O4. The number of amides is 2. The highest BCUT2D eigenvalue weighted by molar-refractivity contribution is 5.90. The van der Waals surface area contributed by atoms with E-state index in [0.29, 0.717) is 13.1 Å². The van der Waals surface area contributed by atoms with Crippen molar-refractivity contribution in [2.45, 2.75) is 13.0 Å². The van der Waals surface area contributed by atoms with E-state index in [1.54, 1.807) is 17.2 Å². The first-order valence-corrected chi connectivity index (χ1v) is 6.23. The molecular weight excluding hydrogens is 262 g/mol. The fourth-order valence-corrected chi connectivity index (χ4v) is 2.09. The number of aromatic nitrogens is 1. The van der Waals surface area contributed by atoms with Gasteiger partial charge in [0.05, 0.1) is 18.2 Å². The molecule has 0 bridgehead atoms. The first kappa shape index (κ1) is 14.0. The number of carboxylic acids is 1. The second-order valence-electron chi connectivity index (χ2n) is 4.61. The van der Waals surface area contributed by atoms with Crippen LogP contribution < -0.4 is 5.32 Å². The van der Waals surface area contributed by atoms with Crippen LogP contribution >= 0.6 is 0 Å². The summed E-state index contributed by atoms with van der Waals surface area (Å²) in [7, 11) is 0.